The Kier molecular flexibility index (Phi) is 15.1. The molecule has 1 aromatic carbocycles. The monoisotopic (exact) mass is 877 g/mol. The number of benzene rings is 1. The minimum Gasteiger partial charge on any atom is -0.464 e. The van der Waals surface area contributed by atoms with Crippen LogP contribution >= 0.6 is 36.8 Å². The average Bonchev–Trinajstić information content (AvgIpc) is 3.55. The SMILES string of the molecule is CCC1C[C@H](NC(=O)[C@H]2CCCN(C(C)=O)C2)C(=O)N2CCC[C@@H](C(=O)OCC(C)(C)Cc3c(-c4cccnc4[C@H](C=S)OC)n(CC)c4ccc(cc34)/C(N)=C/S1)N2S. The lowest BCUT2D eigenvalue weighted by Crippen LogP contribution is -2.60. The molecule has 2 aromatic heterocycles. The first kappa shape index (κ1) is 45.6. The lowest BCUT2D eigenvalue weighted by Gasteiger charge is -2.41. The van der Waals surface area contributed by atoms with E-state index in [4.69, 9.17) is 45.2 Å². The second kappa shape index (κ2) is 19.8. The Morgan fingerprint density at radius 1 is 1.18 bits per heavy atom. The summed E-state index contributed by atoms with van der Waals surface area (Å²) < 4.78 is 15.6. The van der Waals surface area contributed by atoms with Gasteiger partial charge in [0.15, 0.2) is 0 Å². The third-order valence-corrected chi connectivity index (χ3v) is 14.0. The van der Waals surface area contributed by atoms with Crippen molar-refractivity contribution >= 4 is 82.5 Å². The maximum atomic E-state index is 14.6. The fraction of sp³-hybridized carbons (Fsp3) is 0.545. The lowest BCUT2D eigenvalue weighted by atomic mass is 9.84. The number of thiol groups is 1. The third kappa shape index (κ3) is 9.88. The molecular formula is C44H59N7O6S3. The zero-order valence-corrected chi connectivity index (χ0v) is 38.0. The number of rotatable bonds is 8. The smallest absolute Gasteiger partial charge is 0.326 e. The van der Waals surface area contributed by atoms with Gasteiger partial charge in [-0.2, -0.15) is 4.41 Å². The number of pyridine rings is 1. The van der Waals surface area contributed by atoms with E-state index in [0.717, 1.165) is 33.3 Å². The van der Waals surface area contributed by atoms with Crippen molar-refractivity contribution in [2.24, 2.45) is 17.1 Å². The zero-order valence-electron chi connectivity index (χ0n) is 35.5. The van der Waals surface area contributed by atoms with Crippen molar-refractivity contribution < 1.29 is 28.7 Å². The number of hydrogen-bond acceptors (Lipinski definition) is 12. The number of hydrazine groups is 1. The van der Waals surface area contributed by atoms with E-state index in [1.807, 2.05) is 30.5 Å². The number of thioether (sulfide) groups is 1. The molecule has 2 fully saturated rings. The maximum Gasteiger partial charge on any atom is 0.326 e. The van der Waals surface area contributed by atoms with Gasteiger partial charge in [-0.15, -0.1) is 11.8 Å². The van der Waals surface area contributed by atoms with Gasteiger partial charge in [0.2, 0.25) is 11.8 Å². The molecule has 3 aromatic rings. The fourth-order valence-corrected chi connectivity index (χ4v) is 10.2. The van der Waals surface area contributed by atoms with Crippen LogP contribution in [0.15, 0.2) is 41.9 Å². The van der Waals surface area contributed by atoms with Crippen LogP contribution < -0.4 is 11.1 Å². The van der Waals surface area contributed by atoms with Crippen LogP contribution in [-0.2, 0) is 41.6 Å². The standard InChI is InChI=1S/C44H59N7O6S3/c1-7-30-21-35(47-41(53)29-12-10-18-48(23-29)27(3)52)42(54)50-19-11-14-37(51(50)59)43(55)57-26-44(4,5)22-33-32-20-28(34(45)25-60-30)15-16-36(32)49(8-2)40(33)31-13-9-17-46-39(31)38(24-58)56-6/h9,13,15-17,20,24-25,29-30,35,37-38,59H,7-8,10-12,14,18-19,21-23,26,45H2,1-6H3,(H,47,53)/b34-25-/t29-,30?,35-,37-,38-/m0/s1. The molecule has 1 unspecified atom stereocenters. The van der Waals surface area contributed by atoms with Crippen LogP contribution in [0.1, 0.15) is 96.1 Å². The number of aromatic nitrogens is 2. The van der Waals surface area contributed by atoms with Gasteiger partial charge >= 0.3 is 5.97 Å². The van der Waals surface area contributed by atoms with Crippen molar-refractivity contribution in [1.29, 1.82) is 0 Å². The molecular weight excluding hydrogens is 819 g/mol. The van der Waals surface area contributed by atoms with Crippen molar-refractivity contribution in [2.75, 3.05) is 33.4 Å². The van der Waals surface area contributed by atoms with Crippen LogP contribution in [0.5, 0.6) is 0 Å². The molecule has 0 aliphatic carbocycles. The molecule has 5 atom stereocenters. The van der Waals surface area contributed by atoms with Crippen LogP contribution in [0, 0.1) is 11.3 Å². The van der Waals surface area contributed by atoms with Crippen molar-refractivity contribution in [1.82, 2.24) is 29.2 Å². The van der Waals surface area contributed by atoms with Gasteiger partial charge in [-0.3, -0.25) is 29.2 Å². The van der Waals surface area contributed by atoms with E-state index in [9.17, 15) is 19.2 Å². The van der Waals surface area contributed by atoms with Crippen LogP contribution in [0.2, 0.25) is 0 Å². The molecule has 0 spiro atoms. The summed E-state index contributed by atoms with van der Waals surface area (Å²) in [4.78, 5) is 61.1. The molecule has 13 nitrogen and oxygen atoms in total. The molecule has 0 saturated carbocycles. The summed E-state index contributed by atoms with van der Waals surface area (Å²) in [6.07, 6.45) is 5.09. The van der Waals surface area contributed by atoms with Gasteiger partial charge in [0.25, 0.3) is 5.91 Å². The topological polar surface area (TPSA) is 152 Å². The molecule has 16 heteroatoms. The van der Waals surface area contributed by atoms with Gasteiger partial charge in [0, 0.05) is 84.6 Å². The summed E-state index contributed by atoms with van der Waals surface area (Å²) in [5, 5.41) is 8.98. The Morgan fingerprint density at radius 2 is 1.95 bits per heavy atom. The van der Waals surface area contributed by atoms with Crippen molar-refractivity contribution in [3.05, 3.63) is 58.8 Å². The third-order valence-electron chi connectivity index (χ3n) is 11.9. The van der Waals surface area contributed by atoms with Crippen LogP contribution in [0.4, 0.5) is 0 Å². The average molecular weight is 878 g/mol. The molecule has 3 N–H and O–H groups in total. The lowest BCUT2D eigenvalue weighted by molar-refractivity contribution is -0.165. The second-order valence-corrected chi connectivity index (χ2v) is 18.6. The number of esters is 1. The number of nitrogens with two attached hydrogens (primary N) is 1. The summed E-state index contributed by atoms with van der Waals surface area (Å²) in [6.45, 7) is 11.8. The molecule has 3 amide bonds. The quantitative estimate of drug-likeness (QED) is 0.129. The Morgan fingerprint density at radius 3 is 2.65 bits per heavy atom. The highest BCUT2D eigenvalue weighted by Gasteiger charge is 2.41. The van der Waals surface area contributed by atoms with E-state index >= 15 is 0 Å². The Labute approximate surface area is 368 Å². The summed E-state index contributed by atoms with van der Waals surface area (Å²) in [7, 11) is 1.62. The number of aryl methyl sites for hydroxylation is 1. The van der Waals surface area contributed by atoms with Gasteiger partial charge < -0.3 is 30.0 Å². The number of fused-ring (bicyclic) bond motifs is 3. The molecule has 4 bridgehead atoms. The first-order valence-electron chi connectivity index (χ1n) is 20.9. The molecule has 60 heavy (non-hydrogen) atoms. The number of hydrogen-bond donors (Lipinski definition) is 3. The number of amides is 3. The molecule has 3 aliphatic rings. The number of carbonyl (C=O) groups is 4. The second-order valence-electron chi connectivity index (χ2n) is 16.8. The van der Waals surface area contributed by atoms with E-state index in [0.29, 0.717) is 82.5 Å². The van der Waals surface area contributed by atoms with Crippen LogP contribution in [0.3, 0.4) is 0 Å². The summed E-state index contributed by atoms with van der Waals surface area (Å²) >= 11 is 11.7. The predicted molar refractivity (Wildman–Crippen MR) is 244 cm³/mol. The van der Waals surface area contributed by atoms with E-state index in [2.05, 4.69) is 42.8 Å². The number of cyclic esters (lactones) is 1. The normalized spacial score (nSPS) is 24.8. The van der Waals surface area contributed by atoms with E-state index in [1.54, 1.807) is 23.6 Å². The predicted octanol–water partition coefficient (Wildman–Crippen LogP) is 6.49. The Hall–Kier alpha value is -3.96. The largest absolute Gasteiger partial charge is 0.464 e. The van der Waals surface area contributed by atoms with E-state index in [-0.39, 0.29) is 29.6 Å². The Bertz CT molecular complexity index is 2120. The molecule has 3 aliphatic heterocycles. The zero-order chi connectivity index (χ0) is 43.3. The van der Waals surface area contributed by atoms with E-state index < -0.39 is 35.5 Å². The van der Waals surface area contributed by atoms with Crippen molar-refractivity contribution in [3.63, 3.8) is 0 Å². The Balaban J connectivity index is 1.44. The highest BCUT2D eigenvalue weighted by molar-refractivity contribution is 8.02. The first-order valence-corrected chi connectivity index (χ1v) is 22.7. The van der Waals surface area contributed by atoms with Gasteiger partial charge in [0.05, 0.1) is 23.9 Å². The number of nitrogens with one attached hydrogen (secondary N) is 1. The van der Waals surface area contributed by atoms with Crippen LogP contribution in [0.25, 0.3) is 27.9 Å². The number of piperidine rings is 1. The van der Waals surface area contributed by atoms with Gasteiger partial charge in [-0.1, -0.05) is 51.9 Å². The summed E-state index contributed by atoms with van der Waals surface area (Å²) in [5.74, 6) is -1.62. The highest BCUT2D eigenvalue weighted by Crippen LogP contribution is 2.41. The van der Waals surface area contributed by atoms with Gasteiger partial charge in [0.1, 0.15) is 18.2 Å². The highest BCUT2D eigenvalue weighted by atomic mass is 32.2. The maximum absolute atomic E-state index is 14.6. The molecule has 2 saturated heterocycles. The van der Waals surface area contributed by atoms with Crippen molar-refractivity contribution in [3.8, 4) is 11.3 Å². The van der Waals surface area contributed by atoms with Crippen LogP contribution in [-0.4, -0.2) is 104 Å². The fourth-order valence-electron chi connectivity index (χ4n) is 8.62. The number of likely N-dealkylation sites (tertiary alicyclic amines) is 1. The number of carbonyl (C=O) groups excluding carboxylic acids is 4. The van der Waals surface area contributed by atoms with Gasteiger partial charge in [-0.25, -0.2) is 0 Å². The summed E-state index contributed by atoms with van der Waals surface area (Å²) in [6, 6.07) is 8.48. The number of ether oxygens (including phenoxy) is 2. The van der Waals surface area contributed by atoms with Crippen molar-refractivity contribution in [2.45, 2.75) is 110 Å². The molecule has 324 valence electrons. The minimum absolute atomic E-state index is 0.0775. The number of methoxy groups -OCH3 is 1. The molecule has 6 rings (SSSR count). The number of nitrogens with zero attached hydrogens (tertiary/aromatic N) is 5. The number of thiocarbonyl (C=S) groups is 1. The van der Waals surface area contributed by atoms with E-state index in [1.165, 1.54) is 28.1 Å². The first-order chi connectivity index (χ1) is 28.7. The minimum atomic E-state index is -0.915. The molecule has 0 radical (unpaired) electrons. The summed E-state index contributed by atoms with van der Waals surface area (Å²) in [5.41, 5.74) is 12.4. The van der Waals surface area contributed by atoms with Gasteiger partial charge in [-0.05, 0) is 92.7 Å². The molecule has 5 heterocycles.